The van der Waals surface area contributed by atoms with Gasteiger partial charge < -0.3 is 19.3 Å². The molecule has 0 amide bonds. The number of nitrogens with zero attached hydrogens (tertiary/aromatic N) is 4. The van der Waals surface area contributed by atoms with Crippen LogP contribution in [0.3, 0.4) is 0 Å². The molecule has 110 valence electrons. The maximum Gasteiger partial charge on any atom is 0.194 e. The molecule has 6 nitrogen and oxygen atoms in total. The van der Waals surface area contributed by atoms with Crippen molar-refractivity contribution in [1.29, 1.82) is 0 Å². The minimum Gasteiger partial charge on any atom is -0.364 e. The van der Waals surface area contributed by atoms with Crippen molar-refractivity contribution in [3.8, 4) is 0 Å². The van der Waals surface area contributed by atoms with Crippen LogP contribution in [0.5, 0.6) is 0 Å². The lowest BCUT2D eigenvalue weighted by Gasteiger charge is -2.22. The Labute approximate surface area is 135 Å². The predicted molar refractivity (Wildman–Crippen MR) is 89.0 cm³/mol. The third kappa shape index (κ3) is 4.26. The van der Waals surface area contributed by atoms with Crippen molar-refractivity contribution >= 4 is 29.9 Å². The Hall–Kier alpha value is -1.51. The number of aryl methyl sites for hydroxylation is 1. The van der Waals surface area contributed by atoms with E-state index >= 15 is 0 Å². The molecular formula is C13H20IN5O. The molecule has 0 fully saturated rings. The quantitative estimate of drug-likeness (QED) is 0.493. The van der Waals surface area contributed by atoms with E-state index in [0.29, 0.717) is 6.54 Å². The molecule has 2 rings (SSSR count). The van der Waals surface area contributed by atoms with Crippen LogP contribution >= 0.6 is 24.0 Å². The second kappa shape index (κ2) is 7.93. The zero-order valence-corrected chi connectivity index (χ0v) is 14.2. The summed E-state index contributed by atoms with van der Waals surface area (Å²) in [5, 5.41) is 7.10. The first-order chi connectivity index (χ1) is 9.20. The van der Waals surface area contributed by atoms with E-state index in [4.69, 9.17) is 4.52 Å². The van der Waals surface area contributed by atoms with Crippen molar-refractivity contribution in [1.82, 2.24) is 19.9 Å². The Morgan fingerprint density at radius 2 is 2.30 bits per heavy atom. The van der Waals surface area contributed by atoms with Gasteiger partial charge in [-0.3, -0.25) is 4.99 Å². The fourth-order valence-corrected chi connectivity index (χ4v) is 1.86. The lowest BCUT2D eigenvalue weighted by molar-refractivity contribution is 0.408. The molecule has 0 aliphatic rings. The van der Waals surface area contributed by atoms with Gasteiger partial charge in [0.2, 0.25) is 0 Å². The van der Waals surface area contributed by atoms with Gasteiger partial charge in [-0.05, 0) is 12.1 Å². The van der Waals surface area contributed by atoms with E-state index in [0.717, 1.165) is 18.2 Å². The number of hydrogen-bond acceptors (Lipinski definition) is 3. The van der Waals surface area contributed by atoms with Crippen molar-refractivity contribution in [2.45, 2.75) is 13.1 Å². The van der Waals surface area contributed by atoms with Gasteiger partial charge in [0, 0.05) is 39.1 Å². The predicted octanol–water partition coefficient (Wildman–Crippen LogP) is 1.84. The smallest absolute Gasteiger partial charge is 0.194 e. The van der Waals surface area contributed by atoms with Crippen molar-refractivity contribution in [3.63, 3.8) is 0 Å². The molecular weight excluding hydrogens is 369 g/mol. The van der Waals surface area contributed by atoms with Crippen molar-refractivity contribution in [2.75, 3.05) is 14.1 Å². The highest BCUT2D eigenvalue weighted by atomic mass is 127. The molecule has 0 aliphatic heterocycles. The highest BCUT2D eigenvalue weighted by Crippen LogP contribution is 2.04. The summed E-state index contributed by atoms with van der Waals surface area (Å²) in [6.45, 7) is 1.39. The summed E-state index contributed by atoms with van der Waals surface area (Å²) in [6, 6.07) is 5.97. The Bertz CT molecular complexity index is 535. The van der Waals surface area contributed by atoms with E-state index in [-0.39, 0.29) is 24.0 Å². The van der Waals surface area contributed by atoms with Crippen LogP contribution in [0.2, 0.25) is 0 Å². The third-order valence-corrected chi connectivity index (χ3v) is 2.94. The fourth-order valence-electron chi connectivity index (χ4n) is 1.86. The Morgan fingerprint density at radius 3 is 2.85 bits per heavy atom. The molecule has 0 saturated carbocycles. The third-order valence-electron chi connectivity index (χ3n) is 2.94. The van der Waals surface area contributed by atoms with Gasteiger partial charge in [0.05, 0.1) is 13.1 Å². The molecule has 0 spiro atoms. The van der Waals surface area contributed by atoms with Crippen LogP contribution in [-0.4, -0.2) is 34.7 Å². The minimum absolute atomic E-state index is 0. The van der Waals surface area contributed by atoms with Crippen molar-refractivity contribution in [3.05, 3.63) is 42.0 Å². The minimum atomic E-state index is 0. The van der Waals surface area contributed by atoms with Crippen LogP contribution in [0.1, 0.15) is 11.4 Å². The van der Waals surface area contributed by atoms with E-state index < -0.39 is 0 Å². The number of aliphatic imine (C=N–C) groups is 1. The van der Waals surface area contributed by atoms with Crippen molar-refractivity contribution in [2.24, 2.45) is 12.0 Å². The first-order valence-corrected chi connectivity index (χ1v) is 6.12. The van der Waals surface area contributed by atoms with Crippen LogP contribution in [0.15, 0.2) is 40.2 Å². The first kappa shape index (κ1) is 16.5. The highest BCUT2D eigenvalue weighted by molar-refractivity contribution is 14.0. The average Bonchev–Trinajstić information content (AvgIpc) is 3.03. The molecule has 1 N–H and O–H groups in total. The average molecular weight is 389 g/mol. The van der Waals surface area contributed by atoms with Crippen LogP contribution in [-0.2, 0) is 20.1 Å². The normalized spacial score (nSPS) is 11.1. The van der Waals surface area contributed by atoms with Gasteiger partial charge in [0.15, 0.2) is 5.96 Å². The molecule has 0 saturated heterocycles. The molecule has 0 unspecified atom stereocenters. The van der Waals surface area contributed by atoms with E-state index in [1.54, 1.807) is 13.3 Å². The van der Waals surface area contributed by atoms with Gasteiger partial charge in [-0.15, -0.1) is 24.0 Å². The summed E-state index contributed by atoms with van der Waals surface area (Å²) in [6.07, 6.45) is 3.60. The Kier molecular flexibility index (Phi) is 6.56. The number of guanidine groups is 1. The van der Waals surface area contributed by atoms with Crippen LogP contribution in [0.25, 0.3) is 0 Å². The Balaban J connectivity index is 0.00000200. The van der Waals surface area contributed by atoms with E-state index in [9.17, 15) is 0 Å². The number of halogens is 1. The molecule has 20 heavy (non-hydrogen) atoms. The van der Waals surface area contributed by atoms with E-state index in [1.165, 1.54) is 5.69 Å². The number of aromatic nitrogens is 2. The van der Waals surface area contributed by atoms with E-state index in [1.807, 2.05) is 32.4 Å². The second-order valence-electron chi connectivity index (χ2n) is 4.36. The molecule has 0 atom stereocenters. The maximum absolute atomic E-state index is 4.80. The van der Waals surface area contributed by atoms with Gasteiger partial charge in [0.1, 0.15) is 12.0 Å². The first-order valence-electron chi connectivity index (χ1n) is 6.12. The highest BCUT2D eigenvalue weighted by Gasteiger charge is 2.08. The molecule has 2 aromatic rings. The van der Waals surface area contributed by atoms with Crippen LogP contribution in [0, 0.1) is 0 Å². The molecule has 2 aromatic heterocycles. The maximum atomic E-state index is 4.80. The van der Waals surface area contributed by atoms with Crippen LogP contribution < -0.4 is 5.32 Å². The fraction of sp³-hybridized carbons (Fsp3) is 0.385. The summed E-state index contributed by atoms with van der Waals surface area (Å²) in [7, 11) is 5.81. The van der Waals surface area contributed by atoms with Gasteiger partial charge >= 0.3 is 0 Å². The van der Waals surface area contributed by atoms with E-state index in [2.05, 4.69) is 31.0 Å². The molecule has 7 heteroatoms. The SMILES string of the molecule is CN=C(NCc1ccon1)N(C)Cc1cccn1C.I. The summed E-state index contributed by atoms with van der Waals surface area (Å²) in [5.41, 5.74) is 2.08. The molecule has 0 aliphatic carbocycles. The van der Waals surface area contributed by atoms with Crippen LogP contribution in [0.4, 0.5) is 0 Å². The molecule has 0 aromatic carbocycles. The van der Waals surface area contributed by atoms with Gasteiger partial charge in [-0.25, -0.2) is 0 Å². The zero-order chi connectivity index (χ0) is 13.7. The van der Waals surface area contributed by atoms with Crippen molar-refractivity contribution < 1.29 is 4.52 Å². The summed E-state index contributed by atoms with van der Waals surface area (Å²) >= 11 is 0. The number of rotatable bonds is 4. The summed E-state index contributed by atoms with van der Waals surface area (Å²) in [4.78, 5) is 6.33. The lowest BCUT2D eigenvalue weighted by Crippen LogP contribution is -2.38. The molecule has 2 heterocycles. The zero-order valence-electron chi connectivity index (χ0n) is 11.9. The summed E-state index contributed by atoms with van der Waals surface area (Å²) in [5.74, 6) is 0.823. The standard InChI is InChI=1S/C13H19N5O.HI/c1-14-13(15-9-11-6-8-19-16-11)18(3)10-12-5-4-7-17(12)2;/h4-8H,9-10H2,1-3H3,(H,14,15);1H. The summed E-state index contributed by atoms with van der Waals surface area (Å²) < 4.78 is 6.89. The molecule has 0 bridgehead atoms. The number of nitrogens with one attached hydrogen (secondary N) is 1. The topological polar surface area (TPSA) is 58.6 Å². The lowest BCUT2D eigenvalue weighted by atomic mass is 10.4. The van der Waals surface area contributed by atoms with Gasteiger partial charge in [-0.2, -0.15) is 0 Å². The monoisotopic (exact) mass is 389 g/mol. The molecule has 0 radical (unpaired) electrons. The largest absolute Gasteiger partial charge is 0.364 e. The Morgan fingerprint density at radius 1 is 1.50 bits per heavy atom. The number of hydrogen-bond donors (Lipinski definition) is 1. The van der Waals surface area contributed by atoms with Gasteiger partial charge in [-0.1, -0.05) is 5.16 Å². The second-order valence-corrected chi connectivity index (χ2v) is 4.36. The van der Waals surface area contributed by atoms with Gasteiger partial charge in [0.25, 0.3) is 0 Å².